The number of rotatable bonds is 7. The molecule has 0 aliphatic carbocycles. The molecule has 1 aromatic rings. The maximum atomic E-state index is 10.6. The van der Waals surface area contributed by atoms with E-state index in [4.69, 9.17) is 26.2 Å². The normalized spacial score (nSPS) is 12.9. The van der Waals surface area contributed by atoms with Gasteiger partial charge in [-0.3, -0.25) is 0 Å². The maximum Gasteiger partial charge on any atom is 0.331 e. The molecule has 0 amide bonds. The van der Waals surface area contributed by atoms with E-state index in [0.717, 1.165) is 6.42 Å². The molecule has 0 aliphatic rings. The van der Waals surface area contributed by atoms with Crippen molar-refractivity contribution in [3.8, 4) is 11.5 Å². The van der Waals surface area contributed by atoms with E-state index in [2.05, 4.69) is 0 Å². The van der Waals surface area contributed by atoms with Crippen LogP contribution in [-0.4, -0.2) is 23.8 Å². The number of hydrogen-bond donors (Lipinski definition) is 1. The highest BCUT2D eigenvalue weighted by Gasteiger charge is 2.07. The third-order valence-corrected chi connectivity index (χ3v) is 3.08. The van der Waals surface area contributed by atoms with Gasteiger partial charge in [-0.15, -0.1) is 0 Å². The average Bonchev–Trinajstić information content (AvgIpc) is 2.41. The molecule has 0 radical (unpaired) electrons. The molecule has 20 heavy (non-hydrogen) atoms. The highest BCUT2D eigenvalue weighted by Crippen LogP contribution is 2.29. The number of carboxylic acid groups (broad SMARTS) is 1. The Balaban J connectivity index is 2.64. The van der Waals surface area contributed by atoms with Crippen molar-refractivity contribution in [3.63, 3.8) is 0 Å². The van der Waals surface area contributed by atoms with Crippen molar-refractivity contribution in [1.29, 1.82) is 0 Å². The number of aliphatic carboxylic acids is 1. The van der Waals surface area contributed by atoms with E-state index in [1.807, 2.05) is 13.8 Å². The summed E-state index contributed by atoms with van der Waals surface area (Å²) in [5.74, 6) is 0.232. The molecule has 1 atom stereocenters. The van der Waals surface area contributed by atoms with Crippen molar-refractivity contribution < 1.29 is 19.4 Å². The molecular formula is C15H19ClO4. The summed E-state index contributed by atoms with van der Waals surface area (Å²) in [6.45, 7) is 5.70. The van der Waals surface area contributed by atoms with Crippen LogP contribution in [0.15, 0.2) is 29.8 Å². The molecule has 1 rings (SSSR count). The predicted octanol–water partition coefficient (Wildman–Crippen LogP) is 3.93. The molecule has 5 heteroatoms. The maximum absolute atomic E-state index is 10.6. The van der Waals surface area contributed by atoms with Crippen LogP contribution in [0.5, 0.6) is 11.5 Å². The van der Waals surface area contributed by atoms with Crippen LogP contribution in [-0.2, 0) is 4.79 Å². The van der Waals surface area contributed by atoms with Crippen molar-refractivity contribution in [2.24, 2.45) is 0 Å². The molecular weight excluding hydrogens is 280 g/mol. The van der Waals surface area contributed by atoms with E-state index in [0.29, 0.717) is 16.5 Å². The summed E-state index contributed by atoms with van der Waals surface area (Å²) in [5.41, 5.74) is 0.243. The second kappa shape index (κ2) is 7.80. The van der Waals surface area contributed by atoms with Gasteiger partial charge < -0.3 is 14.6 Å². The molecule has 0 saturated carbocycles. The Bertz CT molecular complexity index is 497. The molecule has 1 unspecified atom stereocenters. The lowest BCUT2D eigenvalue weighted by atomic mass is 10.3. The lowest BCUT2D eigenvalue weighted by Gasteiger charge is -2.14. The van der Waals surface area contributed by atoms with Gasteiger partial charge in [0.25, 0.3) is 0 Å². The lowest BCUT2D eigenvalue weighted by Crippen LogP contribution is -2.10. The zero-order chi connectivity index (χ0) is 15.1. The Hall–Kier alpha value is -1.68. The van der Waals surface area contributed by atoms with E-state index in [-0.39, 0.29) is 18.3 Å². The van der Waals surface area contributed by atoms with E-state index in [1.165, 1.54) is 13.0 Å². The summed E-state index contributed by atoms with van der Waals surface area (Å²) < 4.78 is 11.1. The molecule has 0 heterocycles. The average molecular weight is 299 g/mol. The summed E-state index contributed by atoms with van der Waals surface area (Å²) in [6, 6.07) is 5.15. The van der Waals surface area contributed by atoms with E-state index in [9.17, 15) is 4.79 Å². The Morgan fingerprint density at radius 2 is 2.20 bits per heavy atom. The fourth-order valence-corrected chi connectivity index (χ4v) is 1.53. The minimum absolute atomic E-state index is 0.0976. The van der Waals surface area contributed by atoms with Crippen LogP contribution in [0.4, 0.5) is 0 Å². The summed E-state index contributed by atoms with van der Waals surface area (Å²) >= 11 is 6.11. The first-order chi connectivity index (χ1) is 9.43. The molecule has 0 aromatic heterocycles. The fourth-order valence-electron chi connectivity index (χ4n) is 1.32. The van der Waals surface area contributed by atoms with Crippen molar-refractivity contribution in [2.75, 3.05) is 6.61 Å². The van der Waals surface area contributed by atoms with Gasteiger partial charge in [-0.25, -0.2) is 4.79 Å². The summed E-state index contributed by atoms with van der Waals surface area (Å²) in [6.07, 6.45) is 2.49. The van der Waals surface area contributed by atoms with Gasteiger partial charge in [0.1, 0.15) is 18.1 Å². The quantitative estimate of drug-likeness (QED) is 0.775. The van der Waals surface area contributed by atoms with Crippen LogP contribution in [0.3, 0.4) is 0 Å². The number of benzene rings is 1. The van der Waals surface area contributed by atoms with Crippen LogP contribution in [0, 0.1) is 0 Å². The van der Waals surface area contributed by atoms with Crippen LogP contribution in [0.25, 0.3) is 0 Å². The molecule has 0 fully saturated rings. The van der Waals surface area contributed by atoms with E-state index >= 15 is 0 Å². The Morgan fingerprint density at radius 3 is 2.75 bits per heavy atom. The van der Waals surface area contributed by atoms with Crippen LogP contribution in [0.2, 0.25) is 5.02 Å². The van der Waals surface area contributed by atoms with Gasteiger partial charge in [-0.2, -0.15) is 0 Å². The lowest BCUT2D eigenvalue weighted by molar-refractivity contribution is -0.132. The Morgan fingerprint density at radius 1 is 1.50 bits per heavy atom. The third kappa shape index (κ3) is 5.13. The number of hydrogen-bond acceptors (Lipinski definition) is 3. The Kier molecular flexibility index (Phi) is 6.39. The minimum Gasteiger partial charge on any atom is -0.489 e. The van der Waals surface area contributed by atoms with Crippen LogP contribution < -0.4 is 9.47 Å². The fraction of sp³-hybridized carbons (Fsp3) is 0.400. The smallest absolute Gasteiger partial charge is 0.331 e. The van der Waals surface area contributed by atoms with Gasteiger partial charge in [-0.1, -0.05) is 18.5 Å². The molecule has 1 N–H and O–H groups in total. The van der Waals surface area contributed by atoms with Crippen molar-refractivity contribution in [3.05, 3.63) is 34.9 Å². The zero-order valence-corrected chi connectivity index (χ0v) is 12.6. The van der Waals surface area contributed by atoms with Crippen LogP contribution >= 0.6 is 11.6 Å². The molecule has 0 spiro atoms. The van der Waals surface area contributed by atoms with Crippen molar-refractivity contribution >= 4 is 17.6 Å². The first-order valence-corrected chi connectivity index (χ1v) is 6.80. The summed E-state index contributed by atoms with van der Waals surface area (Å²) in [5, 5.41) is 9.18. The van der Waals surface area contributed by atoms with Gasteiger partial charge in [0.05, 0.1) is 11.1 Å². The Labute approximate surface area is 124 Å². The first-order valence-electron chi connectivity index (χ1n) is 6.43. The molecule has 4 nitrogen and oxygen atoms in total. The van der Waals surface area contributed by atoms with Crippen molar-refractivity contribution in [1.82, 2.24) is 0 Å². The third-order valence-electron chi connectivity index (χ3n) is 2.78. The van der Waals surface area contributed by atoms with E-state index in [1.54, 1.807) is 18.2 Å². The second-order valence-electron chi connectivity index (χ2n) is 4.43. The summed E-state index contributed by atoms with van der Waals surface area (Å²) in [7, 11) is 0. The van der Waals surface area contributed by atoms with Gasteiger partial charge in [0.15, 0.2) is 0 Å². The highest BCUT2D eigenvalue weighted by atomic mass is 35.5. The minimum atomic E-state index is -0.955. The monoisotopic (exact) mass is 298 g/mol. The molecule has 0 saturated heterocycles. The number of ether oxygens (including phenoxy) is 2. The number of halogens is 1. The standard InChI is InChI=1S/C15H19ClO4/c1-4-11(3)20-14-6-5-12(9-13(14)16)19-8-7-10(2)15(17)18/h5-7,9,11H,4,8H2,1-3H3,(H,17,18)/b10-7+. The number of carbonyl (C=O) groups is 1. The highest BCUT2D eigenvalue weighted by molar-refractivity contribution is 6.32. The SMILES string of the molecule is CCC(C)Oc1ccc(OC/C=C(\C)C(=O)O)cc1Cl. The van der Waals surface area contributed by atoms with Gasteiger partial charge >= 0.3 is 5.97 Å². The summed E-state index contributed by atoms with van der Waals surface area (Å²) in [4.78, 5) is 10.6. The number of carboxylic acids is 1. The molecule has 1 aromatic carbocycles. The van der Waals surface area contributed by atoms with Gasteiger partial charge in [0, 0.05) is 11.6 Å². The zero-order valence-electron chi connectivity index (χ0n) is 11.9. The largest absolute Gasteiger partial charge is 0.489 e. The van der Waals surface area contributed by atoms with Gasteiger partial charge in [-0.05, 0) is 38.5 Å². The second-order valence-corrected chi connectivity index (χ2v) is 4.84. The molecule has 110 valence electrons. The molecule has 0 bridgehead atoms. The first kappa shape index (κ1) is 16.4. The molecule has 0 aliphatic heterocycles. The van der Waals surface area contributed by atoms with Crippen LogP contribution in [0.1, 0.15) is 27.2 Å². The topological polar surface area (TPSA) is 55.8 Å². The van der Waals surface area contributed by atoms with E-state index < -0.39 is 5.97 Å². The predicted molar refractivity (Wildman–Crippen MR) is 78.7 cm³/mol. The van der Waals surface area contributed by atoms with Crippen molar-refractivity contribution in [2.45, 2.75) is 33.3 Å². The van der Waals surface area contributed by atoms with Gasteiger partial charge in [0.2, 0.25) is 0 Å².